The van der Waals surface area contributed by atoms with Crippen LogP contribution in [0, 0.1) is 5.92 Å². The van der Waals surface area contributed by atoms with Crippen LogP contribution in [0.2, 0.25) is 0 Å². The van der Waals surface area contributed by atoms with Gasteiger partial charge in [-0.05, 0) is 62.4 Å². The van der Waals surface area contributed by atoms with Gasteiger partial charge in [0.2, 0.25) is 0 Å². The van der Waals surface area contributed by atoms with Crippen molar-refractivity contribution in [1.82, 2.24) is 9.69 Å². The van der Waals surface area contributed by atoms with Gasteiger partial charge in [0, 0.05) is 18.5 Å². The molecular weight excluding hydrogens is 254 g/mol. The fraction of sp³-hybridized carbons (Fsp3) is 0.533. The van der Waals surface area contributed by atoms with Crippen molar-refractivity contribution in [2.45, 2.75) is 19.8 Å². The number of nitrogens with zero attached hydrogens (tertiary/aromatic N) is 2. The molecule has 1 fully saturated rings. The van der Waals surface area contributed by atoms with Gasteiger partial charge in [0.05, 0.1) is 5.52 Å². The van der Waals surface area contributed by atoms with E-state index in [1.54, 1.807) is 11.5 Å². The summed E-state index contributed by atoms with van der Waals surface area (Å²) in [6.07, 6.45) is 2.66. The van der Waals surface area contributed by atoms with Gasteiger partial charge in [0.25, 0.3) is 0 Å². The lowest BCUT2D eigenvalue weighted by Crippen LogP contribution is -2.38. The number of rotatable bonds is 4. The van der Waals surface area contributed by atoms with Gasteiger partial charge in [-0.3, -0.25) is 0 Å². The first-order valence-electron chi connectivity index (χ1n) is 7.18. The van der Waals surface area contributed by atoms with Gasteiger partial charge in [-0.2, -0.15) is 4.37 Å². The lowest BCUT2D eigenvalue weighted by atomic mass is 9.99. The Morgan fingerprint density at radius 2 is 2.32 bits per heavy atom. The summed E-state index contributed by atoms with van der Waals surface area (Å²) in [6.45, 7) is 6.79. The van der Waals surface area contributed by atoms with E-state index in [-0.39, 0.29) is 0 Å². The smallest absolute Gasteiger partial charge is 0.119 e. The van der Waals surface area contributed by atoms with Gasteiger partial charge in [0.1, 0.15) is 5.00 Å². The molecule has 2 heterocycles. The van der Waals surface area contributed by atoms with E-state index in [0.29, 0.717) is 0 Å². The summed E-state index contributed by atoms with van der Waals surface area (Å²) in [4.78, 5) is 2.50. The Kier molecular flexibility index (Phi) is 3.99. The Balaban J connectivity index is 1.81. The van der Waals surface area contributed by atoms with E-state index >= 15 is 0 Å². The maximum atomic E-state index is 4.56. The van der Waals surface area contributed by atoms with Gasteiger partial charge < -0.3 is 10.2 Å². The standard InChI is InChI=1S/C15H21N3S/c1-2-18(11-12-6-5-9-16-10-12)15-13-7-3-4-8-14(13)17-19-15/h3-4,7-8,12,16H,2,5-6,9-11H2,1H3. The van der Waals surface area contributed by atoms with Gasteiger partial charge in [0.15, 0.2) is 0 Å². The van der Waals surface area contributed by atoms with Crippen molar-refractivity contribution < 1.29 is 0 Å². The Morgan fingerprint density at radius 1 is 1.42 bits per heavy atom. The lowest BCUT2D eigenvalue weighted by Gasteiger charge is -2.30. The highest BCUT2D eigenvalue weighted by molar-refractivity contribution is 7.11. The number of hydrogen-bond acceptors (Lipinski definition) is 4. The van der Waals surface area contributed by atoms with Crippen LogP contribution in [-0.2, 0) is 0 Å². The Bertz CT molecular complexity index is 531. The largest absolute Gasteiger partial charge is 0.362 e. The third-order valence-corrected chi connectivity index (χ3v) is 4.85. The van der Waals surface area contributed by atoms with Crippen LogP contribution in [0.1, 0.15) is 19.8 Å². The Labute approximate surface area is 118 Å². The number of piperidine rings is 1. The average molecular weight is 275 g/mol. The minimum atomic E-state index is 0.773. The second kappa shape index (κ2) is 5.88. The molecule has 1 aromatic carbocycles. The maximum Gasteiger partial charge on any atom is 0.119 e. The van der Waals surface area contributed by atoms with Crippen molar-refractivity contribution in [2.24, 2.45) is 5.92 Å². The minimum Gasteiger partial charge on any atom is -0.362 e. The van der Waals surface area contributed by atoms with E-state index < -0.39 is 0 Å². The summed E-state index contributed by atoms with van der Waals surface area (Å²) in [5, 5.41) is 6.15. The molecule has 1 atom stereocenters. The van der Waals surface area contributed by atoms with Crippen LogP contribution in [-0.4, -0.2) is 30.6 Å². The predicted molar refractivity (Wildman–Crippen MR) is 83.1 cm³/mol. The van der Waals surface area contributed by atoms with Crippen molar-refractivity contribution in [3.8, 4) is 0 Å². The molecule has 1 saturated heterocycles. The zero-order valence-electron chi connectivity index (χ0n) is 11.4. The molecule has 0 aliphatic carbocycles. The maximum absolute atomic E-state index is 4.56. The van der Waals surface area contributed by atoms with Crippen LogP contribution in [0.3, 0.4) is 0 Å². The highest BCUT2D eigenvalue weighted by Crippen LogP contribution is 2.31. The monoisotopic (exact) mass is 275 g/mol. The van der Waals surface area contributed by atoms with Gasteiger partial charge in [-0.1, -0.05) is 12.1 Å². The number of hydrogen-bond donors (Lipinski definition) is 1. The van der Waals surface area contributed by atoms with Crippen LogP contribution in [0.25, 0.3) is 10.9 Å². The SMILES string of the molecule is CCN(CC1CCCNC1)c1snc2ccccc12. The van der Waals surface area contributed by atoms with Crippen LogP contribution in [0.4, 0.5) is 5.00 Å². The third kappa shape index (κ3) is 2.74. The molecular formula is C15H21N3S. The molecule has 0 spiro atoms. The van der Waals surface area contributed by atoms with Crippen molar-refractivity contribution in [3.63, 3.8) is 0 Å². The highest BCUT2D eigenvalue weighted by atomic mass is 32.1. The second-order valence-electron chi connectivity index (χ2n) is 5.26. The molecule has 0 amide bonds. The zero-order chi connectivity index (χ0) is 13.1. The summed E-state index contributed by atoms with van der Waals surface area (Å²) < 4.78 is 4.56. The number of nitrogens with one attached hydrogen (secondary N) is 1. The quantitative estimate of drug-likeness (QED) is 0.929. The van der Waals surface area contributed by atoms with Crippen molar-refractivity contribution >= 4 is 27.4 Å². The molecule has 1 aliphatic rings. The van der Waals surface area contributed by atoms with E-state index in [1.165, 1.54) is 29.8 Å². The van der Waals surface area contributed by atoms with E-state index in [0.717, 1.165) is 31.1 Å². The predicted octanol–water partition coefficient (Wildman–Crippen LogP) is 3.12. The summed E-state index contributed by atoms with van der Waals surface area (Å²) in [5.41, 5.74) is 1.13. The third-order valence-electron chi connectivity index (χ3n) is 3.91. The molecule has 19 heavy (non-hydrogen) atoms. The molecule has 4 heteroatoms. The summed E-state index contributed by atoms with van der Waals surface area (Å²) in [7, 11) is 0. The molecule has 0 radical (unpaired) electrons. The molecule has 0 saturated carbocycles. The van der Waals surface area contributed by atoms with Crippen LogP contribution >= 0.6 is 11.5 Å². The first-order valence-corrected chi connectivity index (χ1v) is 7.96. The fourth-order valence-corrected chi connectivity index (χ4v) is 3.78. The topological polar surface area (TPSA) is 28.2 Å². The summed E-state index contributed by atoms with van der Waals surface area (Å²) >= 11 is 1.64. The molecule has 1 N–H and O–H groups in total. The number of aromatic nitrogens is 1. The van der Waals surface area contributed by atoms with E-state index in [9.17, 15) is 0 Å². The number of benzene rings is 1. The molecule has 3 rings (SSSR count). The van der Waals surface area contributed by atoms with Crippen molar-refractivity contribution in [2.75, 3.05) is 31.1 Å². The molecule has 0 bridgehead atoms. The zero-order valence-corrected chi connectivity index (χ0v) is 12.2. The molecule has 1 unspecified atom stereocenters. The Morgan fingerprint density at radius 3 is 3.11 bits per heavy atom. The van der Waals surface area contributed by atoms with Crippen LogP contribution in [0.5, 0.6) is 0 Å². The normalized spacial score (nSPS) is 19.7. The first-order chi connectivity index (χ1) is 9.38. The minimum absolute atomic E-state index is 0.773. The molecule has 102 valence electrons. The first kappa shape index (κ1) is 12.9. The van der Waals surface area contributed by atoms with E-state index in [2.05, 4.69) is 45.8 Å². The molecule has 3 nitrogen and oxygen atoms in total. The van der Waals surface area contributed by atoms with Crippen LogP contribution in [0.15, 0.2) is 24.3 Å². The summed E-state index contributed by atoms with van der Waals surface area (Å²) in [6, 6.07) is 8.46. The van der Waals surface area contributed by atoms with E-state index in [1.807, 2.05) is 0 Å². The molecule has 2 aromatic rings. The van der Waals surface area contributed by atoms with E-state index in [4.69, 9.17) is 0 Å². The fourth-order valence-electron chi connectivity index (χ4n) is 2.85. The van der Waals surface area contributed by atoms with Gasteiger partial charge >= 0.3 is 0 Å². The Hall–Kier alpha value is -1.13. The lowest BCUT2D eigenvalue weighted by molar-refractivity contribution is 0.378. The van der Waals surface area contributed by atoms with Gasteiger partial charge in [-0.15, -0.1) is 0 Å². The molecule has 1 aromatic heterocycles. The average Bonchev–Trinajstić information content (AvgIpc) is 2.90. The highest BCUT2D eigenvalue weighted by Gasteiger charge is 2.19. The van der Waals surface area contributed by atoms with Crippen molar-refractivity contribution in [3.05, 3.63) is 24.3 Å². The second-order valence-corrected chi connectivity index (χ2v) is 6.01. The van der Waals surface area contributed by atoms with Crippen molar-refractivity contribution in [1.29, 1.82) is 0 Å². The number of anilines is 1. The number of fused-ring (bicyclic) bond motifs is 1. The summed E-state index contributed by atoms with van der Waals surface area (Å²) in [5.74, 6) is 0.773. The van der Waals surface area contributed by atoms with Crippen LogP contribution < -0.4 is 10.2 Å². The van der Waals surface area contributed by atoms with Gasteiger partial charge in [-0.25, -0.2) is 0 Å². The molecule has 1 aliphatic heterocycles.